The summed E-state index contributed by atoms with van der Waals surface area (Å²) in [6, 6.07) is 3.40. The zero-order valence-electron chi connectivity index (χ0n) is 11.7. The summed E-state index contributed by atoms with van der Waals surface area (Å²) in [4.78, 5) is 19.6. The number of carbonyl (C=O) groups is 1. The Morgan fingerprint density at radius 2 is 2.41 bits per heavy atom. The van der Waals surface area contributed by atoms with Crippen LogP contribution in [0.1, 0.15) is 10.4 Å². The van der Waals surface area contributed by atoms with Gasteiger partial charge in [0.05, 0.1) is 12.9 Å². The maximum absolute atomic E-state index is 11.3. The van der Waals surface area contributed by atoms with E-state index in [1.165, 1.54) is 17.0 Å². The van der Waals surface area contributed by atoms with Gasteiger partial charge in [-0.2, -0.15) is 4.52 Å². The number of ether oxygens (including phenoxy) is 1. The second-order valence-corrected chi connectivity index (χ2v) is 4.37. The van der Waals surface area contributed by atoms with Gasteiger partial charge in [0.25, 0.3) is 0 Å². The zero-order valence-corrected chi connectivity index (χ0v) is 11.7. The molecular weight excluding hydrogens is 290 g/mol. The average molecular weight is 303 g/mol. The molecule has 0 saturated carbocycles. The van der Waals surface area contributed by atoms with Gasteiger partial charge in [0.15, 0.2) is 11.4 Å². The Bertz CT molecular complexity index is 796. The van der Waals surface area contributed by atoms with Crippen molar-refractivity contribution in [2.75, 3.05) is 25.6 Å². The molecule has 9 nitrogen and oxygen atoms in total. The third-order valence-corrected chi connectivity index (χ3v) is 2.93. The van der Waals surface area contributed by atoms with Crippen LogP contribution in [0.25, 0.3) is 17.2 Å². The fourth-order valence-corrected chi connectivity index (χ4v) is 1.92. The topological polar surface area (TPSA) is 115 Å². The van der Waals surface area contributed by atoms with Gasteiger partial charge in [-0.05, 0) is 12.1 Å². The average Bonchev–Trinajstić information content (AvgIpc) is 3.16. The number of anilines is 1. The van der Waals surface area contributed by atoms with Crippen molar-refractivity contribution in [1.82, 2.24) is 19.6 Å². The first-order valence-electron chi connectivity index (χ1n) is 6.46. The minimum absolute atomic E-state index is 0.0393. The standard InChI is InChI=1S/C13H13N5O4/c1-21-6-4-14-13-15-7-8(12(19)20)11-16-10(17-18(11)13)9-3-2-5-22-9/h2-3,5,7H,4,6H2,1H3,(H,14,15)(H,19,20). The molecule has 0 fully saturated rings. The largest absolute Gasteiger partial charge is 0.477 e. The van der Waals surface area contributed by atoms with E-state index in [4.69, 9.17) is 9.15 Å². The van der Waals surface area contributed by atoms with E-state index in [0.717, 1.165) is 0 Å². The number of nitrogens with one attached hydrogen (secondary N) is 1. The lowest BCUT2D eigenvalue weighted by Crippen LogP contribution is -2.14. The van der Waals surface area contributed by atoms with E-state index in [1.54, 1.807) is 19.2 Å². The summed E-state index contributed by atoms with van der Waals surface area (Å²) >= 11 is 0. The quantitative estimate of drug-likeness (QED) is 0.651. The molecule has 3 heterocycles. The number of carboxylic acid groups (broad SMARTS) is 1. The van der Waals surface area contributed by atoms with Crippen molar-refractivity contribution in [2.24, 2.45) is 0 Å². The number of rotatable bonds is 6. The van der Waals surface area contributed by atoms with Gasteiger partial charge < -0.3 is 19.6 Å². The molecule has 0 aromatic carbocycles. The van der Waals surface area contributed by atoms with Gasteiger partial charge in [-0.1, -0.05) is 0 Å². The lowest BCUT2D eigenvalue weighted by atomic mass is 10.3. The second kappa shape index (κ2) is 5.82. The molecule has 3 aromatic heterocycles. The van der Waals surface area contributed by atoms with Crippen LogP contribution in [0.5, 0.6) is 0 Å². The Hall–Kier alpha value is -2.94. The van der Waals surface area contributed by atoms with Crippen LogP contribution >= 0.6 is 0 Å². The first kappa shape index (κ1) is 14.0. The fourth-order valence-electron chi connectivity index (χ4n) is 1.92. The summed E-state index contributed by atoms with van der Waals surface area (Å²) in [5, 5.41) is 16.5. The van der Waals surface area contributed by atoms with Crippen molar-refractivity contribution in [2.45, 2.75) is 0 Å². The zero-order chi connectivity index (χ0) is 15.5. The summed E-state index contributed by atoms with van der Waals surface area (Å²) < 4.78 is 11.5. The van der Waals surface area contributed by atoms with Crippen LogP contribution in [-0.2, 0) is 4.74 Å². The maximum atomic E-state index is 11.3. The van der Waals surface area contributed by atoms with E-state index in [2.05, 4.69) is 20.4 Å². The Morgan fingerprint density at radius 1 is 1.55 bits per heavy atom. The number of aromatic carboxylic acids is 1. The molecule has 0 atom stereocenters. The van der Waals surface area contributed by atoms with Gasteiger partial charge in [0.1, 0.15) is 5.56 Å². The number of hydrogen-bond acceptors (Lipinski definition) is 7. The van der Waals surface area contributed by atoms with Crippen LogP contribution in [0, 0.1) is 0 Å². The van der Waals surface area contributed by atoms with Crippen LogP contribution in [-0.4, -0.2) is 50.9 Å². The number of fused-ring (bicyclic) bond motifs is 1. The minimum Gasteiger partial charge on any atom is -0.477 e. The Balaban J connectivity index is 2.09. The molecule has 0 aliphatic rings. The van der Waals surface area contributed by atoms with Crippen molar-refractivity contribution in [3.05, 3.63) is 30.2 Å². The number of hydrogen-bond donors (Lipinski definition) is 2. The third kappa shape index (κ3) is 2.49. The molecule has 22 heavy (non-hydrogen) atoms. The van der Waals surface area contributed by atoms with Crippen molar-refractivity contribution in [3.63, 3.8) is 0 Å². The highest BCUT2D eigenvalue weighted by Gasteiger charge is 2.18. The van der Waals surface area contributed by atoms with Crippen LogP contribution in [0.4, 0.5) is 5.95 Å². The smallest absolute Gasteiger partial charge is 0.341 e. The molecule has 3 rings (SSSR count). The molecule has 0 spiro atoms. The van der Waals surface area contributed by atoms with Crippen LogP contribution in [0.2, 0.25) is 0 Å². The number of furan rings is 1. The molecule has 0 amide bonds. The Labute approximate surface area is 124 Å². The van der Waals surface area contributed by atoms with E-state index in [0.29, 0.717) is 24.9 Å². The molecule has 9 heteroatoms. The van der Waals surface area contributed by atoms with Crippen molar-refractivity contribution >= 4 is 17.6 Å². The molecule has 0 saturated heterocycles. The van der Waals surface area contributed by atoms with Crippen molar-refractivity contribution < 1.29 is 19.1 Å². The van der Waals surface area contributed by atoms with Gasteiger partial charge in [0.2, 0.25) is 11.8 Å². The highest BCUT2D eigenvalue weighted by molar-refractivity contribution is 5.94. The number of methoxy groups -OCH3 is 1. The Kier molecular flexibility index (Phi) is 3.71. The monoisotopic (exact) mass is 303 g/mol. The fraction of sp³-hybridized carbons (Fsp3) is 0.231. The van der Waals surface area contributed by atoms with Gasteiger partial charge in [0, 0.05) is 19.9 Å². The van der Waals surface area contributed by atoms with Gasteiger partial charge in [-0.15, -0.1) is 5.10 Å². The molecular formula is C13H13N5O4. The van der Waals surface area contributed by atoms with Crippen LogP contribution in [0.3, 0.4) is 0 Å². The number of aromatic nitrogens is 4. The first-order valence-corrected chi connectivity index (χ1v) is 6.46. The summed E-state index contributed by atoms with van der Waals surface area (Å²) in [6.45, 7) is 0.977. The Morgan fingerprint density at radius 3 is 3.09 bits per heavy atom. The number of carboxylic acids is 1. The second-order valence-electron chi connectivity index (χ2n) is 4.37. The van der Waals surface area contributed by atoms with Crippen LogP contribution in [0.15, 0.2) is 29.0 Å². The lowest BCUT2D eigenvalue weighted by molar-refractivity contribution is 0.0698. The van der Waals surface area contributed by atoms with E-state index < -0.39 is 5.97 Å². The normalized spacial score (nSPS) is 11.0. The molecule has 0 radical (unpaired) electrons. The molecule has 0 bridgehead atoms. The first-order chi connectivity index (χ1) is 10.7. The van der Waals surface area contributed by atoms with Crippen molar-refractivity contribution in [3.8, 4) is 11.6 Å². The SMILES string of the molecule is COCCNc1ncc(C(=O)O)c2nc(-c3ccco3)nn12. The van der Waals surface area contributed by atoms with E-state index in [1.807, 2.05) is 0 Å². The highest BCUT2D eigenvalue weighted by Crippen LogP contribution is 2.20. The van der Waals surface area contributed by atoms with Gasteiger partial charge >= 0.3 is 5.97 Å². The van der Waals surface area contributed by atoms with E-state index in [9.17, 15) is 9.90 Å². The van der Waals surface area contributed by atoms with E-state index >= 15 is 0 Å². The minimum atomic E-state index is -1.13. The lowest BCUT2D eigenvalue weighted by Gasteiger charge is -2.06. The molecule has 3 aromatic rings. The summed E-state index contributed by atoms with van der Waals surface area (Å²) in [5.74, 6) is -0.0140. The predicted octanol–water partition coefficient (Wildman–Crippen LogP) is 1.14. The molecule has 0 unspecified atom stereocenters. The maximum Gasteiger partial charge on any atom is 0.341 e. The highest BCUT2D eigenvalue weighted by atomic mass is 16.5. The summed E-state index contributed by atoms with van der Waals surface area (Å²) in [5.41, 5.74) is 0.149. The number of nitrogens with zero attached hydrogens (tertiary/aromatic N) is 4. The van der Waals surface area contributed by atoms with Crippen molar-refractivity contribution in [1.29, 1.82) is 0 Å². The molecule has 0 aliphatic heterocycles. The summed E-state index contributed by atoms with van der Waals surface area (Å²) in [6.07, 6.45) is 2.74. The van der Waals surface area contributed by atoms with Gasteiger partial charge in [-0.3, -0.25) is 0 Å². The summed E-state index contributed by atoms with van der Waals surface area (Å²) in [7, 11) is 1.59. The van der Waals surface area contributed by atoms with Gasteiger partial charge in [-0.25, -0.2) is 14.8 Å². The molecule has 0 aliphatic carbocycles. The van der Waals surface area contributed by atoms with E-state index in [-0.39, 0.29) is 17.0 Å². The third-order valence-electron chi connectivity index (χ3n) is 2.93. The predicted molar refractivity (Wildman–Crippen MR) is 75.8 cm³/mol. The molecule has 2 N–H and O–H groups in total. The molecule has 114 valence electrons. The van der Waals surface area contributed by atoms with Crippen LogP contribution < -0.4 is 5.32 Å².